The quantitative estimate of drug-likeness (QED) is 0.670. The van der Waals surface area contributed by atoms with E-state index < -0.39 is 6.10 Å². The van der Waals surface area contributed by atoms with Gasteiger partial charge in [0.05, 0.1) is 35.7 Å². The molecule has 0 amide bonds. The van der Waals surface area contributed by atoms with Crippen LogP contribution in [0.2, 0.25) is 5.02 Å². The number of halogens is 2. The summed E-state index contributed by atoms with van der Waals surface area (Å²) in [5, 5.41) is 13.7. The fourth-order valence-corrected chi connectivity index (χ4v) is 5.66. The Hall–Kier alpha value is -2.09. The lowest BCUT2D eigenvalue weighted by atomic mass is 9.72. The van der Waals surface area contributed by atoms with Crippen LogP contribution in [0.5, 0.6) is 0 Å². The Morgan fingerprint density at radius 2 is 2.06 bits per heavy atom. The summed E-state index contributed by atoms with van der Waals surface area (Å²) in [6, 6.07) is 3.28. The maximum absolute atomic E-state index is 15.3. The molecule has 2 atom stereocenters. The van der Waals surface area contributed by atoms with E-state index in [-0.39, 0.29) is 29.8 Å². The zero-order valence-electron chi connectivity index (χ0n) is 18.4. The molecule has 1 saturated carbocycles. The summed E-state index contributed by atoms with van der Waals surface area (Å²) >= 11 is 6.46. The predicted octanol–water partition coefficient (Wildman–Crippen LogP) is 5.05. The van der Waals surface area contributed by atoms with Gasteiger partial charge in [0.25, 0.3) is 0 Å². The van der Waals surface area contributed by atoms with E-state index in [1.807, 2.05) is 6.07 Å². The van der Waals surface area contributed by atoms with Crippen LogP contribution in [0, 0.1) is 11.7 Å². The van der Waals surface area contributed by atoms with Crippen LogP contribution < -0.4 is 5.32 Å². The molecule has 8 heteroatoms. The molecular formula is C24H28ClFN4O2. The number of anilines is 1. The standard InChI is InChI=1S/C24H28ClFN4O2/c1-13(2)22-24(6-3-4-7-24)15-9-14(10-17(26)21(15)29-22)20-16(25)11-27-23(30-20)28-18-5-8-32-12-19(18)31/h9-11,13,18-19,31H,3-8,12H2,1-2H3,(H,27,28,30)/t18-,19-/m1/s1. The van der Waals surface area contributed by atoms with Crippen molar-refractivity contribution in [3.8, 4) is 11.3 Å². The number of nitrogens with zero attached hydrogens (tertiary/aromatic N) is 3. The van der Waals surface area contributed by atoms with Crippen molar-refractivity contribution in [1.82, 2.24) is 9.97 Å². The number of nitrogens with one attached hydrogen (secondary N) is 1. The second-order valence-corrected chi connectivity index (χ2v) is 9.77. The zero-order valence-corrected chi connectivity index (χ0v) is 19.1. The van der Waals surface area contributed by atoms with Gasteiger partial charge in [0.15, 0.2) is 0 Å². The molecular weight excluding hydrogens is 431 g/mol. The van der Waals surface area contributed by atoms with Crippen molar-refractivity contribution in [2.75, 3.05) is 18.5 Å². The fourth-order valence-electron chi connectivity index (χ4n) is 5.46. The van der Waals surface area contributed by atoms with Crippen LogP contribution in [0.3, 0.4) is 0 Å². The van der Waals surface area contributed by atoms with Gasteiger partial charge in [0, 0.05) is 23.3 Å². The number of hydrogen-bond acceptors (Lipinski definition) is 6. The van der Waals surface area contributed by atoms with Crippen molar-refractivity contribution in [1.29, 1.82) is 0 Å². The summed E-state index contributed by atoms with van der Waals surface area (Å²) in [4.78, 5) is 13.6. The Kier molecular flexibility index (Phi) is 5.68. The van der Waals surface area contributed by atoms with Gasteiger partial charge in [-0.25, -0.2) is 14.4 Å². The maximum atomic E-state index is 15.3. The van der Waals surface area contributed by atoms with E-state index in [9.17, 15) is 5.11 Å². The molecule has 0 radical (unpaired) electrons. The van der Waals surface area contributed by atoms with Crippen LogP contribution in [0.15, 0.2) is 23.3 Å². The highest BCUT2D eigenvalue weighted by Gasteiger charge is 2.47. The second-order valence-electron chi connectivity index (χ2n) is 9.37. The third kappa shape index (κ3) is 3.60. The van der Waals surface area contributed by atoms with Crippen LogP contribution in [0.1, 0.15) is 51.5 Å². The van der Waals surface area contributed by atoms with Crippen LogP contribution in [-0.2, 0) is 10.2 Å². The van der Waals surface area contributed by atoms with Crippen molar-refractivity contribution in [3.05, 3.63) is 34.7 Å². The van der Waals surface area contributed by atoms with E-state index in [0.717, 1.165) is 37.0 Å². The molecule has 2 aliphatic heterocycles. The number of benzene rings is 1. The smallest absolute Gasteiger partial charge is 0.223 e. The summed E-state index contributed by atoms with van der Waals surface area (Å²) in [6.45, 7) is 5.10. The van der Waals surface area contributed by atoms with Crippen molar-refractivity contribution in [2.45, 2.75) is 63.5 Å². The highest BCUT2D eigenvalue weighted by Crippen LogP contribution is 2.53. The summed E-state index contributed by atoms with van der Waals surface area (Å²) < 4.78 is 20.6. The minimum atomic E-state index is -0.641. The number of ether oxygens (including phenoxy) is 1. The first-order valence-electron chi connectivity index (χ1n) is 11.4. The SMILES string of the molecule is CC(C)C1=Nc2c(F)cc(-c3nc(N[C@@H]4CCOC[C@H]4O)ncc3Cl)cc2C12CCCC2. The van der Waals surface area contributed by atoms with Gasteiger partial charge in [-0.3, -0.25) is 4.99 Å². The van der Waals surface area contributed by atoms with Crippen molar-refractivity contribution in [2.24, 2.45) is 10.9 Å². The first-order chi connectivity index (χ1) is 15.4. The fraction of sp³-hybridized carbons (Fsp3) is 0.542. The average molecular weight is 459 g/mol. The number of aliphatic hydroxyl groups is 1. The molecule has 0 bridgehead atoms. The number of rotatable bonds is 4. The van der Waals surface area contributed by atoms with E-state index in [2.05, 4.69) is 29.1 Å². The molecule has 1 aliphatic carbocycles. The largest absolute Gasteiger partial charge is 0.389 e. The normalized spacial score (nSPS) is 24.1. The number of aliphatic imine (C=N–C) groups is 1. The summed E-state index contributed by atoms with van der Waals surface area (Å²) in [5.41, 5.74) is 3.42. The van der Waals surface area contributed by atoms with Crippen molar-refractivity contribution >= 4 is 28.9 Å². The van der Waals surface area contributed by atoms with Crippen LogP contribution in [0.25, 0.3) is 11.3 Å². The van der Waals surface area contributed by atoms with Gasteiger partial charge in [0.1, 0.15) is 11.5 Å². The van der Waals surface area contributed by atoms with E-state index in [4.69, 9.17) is 21.3 Å². The molecule has 1 aromatic carbocycles. The van der Waals surface area contributed by atoms with Gasteiger partial charge in [-0.1, -0.05) is 38.3 Å². The molecule has 6 nitrogen and oxygen atoms in total. The van der Waals surface area contributed by atoms with Gasteiger partial charge in [-0.2, -0.15) is 0 Å². The van der Waals surface area contributed by atoms with Crippen molar-refractivity contribution < 1.29 is 14.2 Å². The van der Waals surface area contributed by atoms with Crippen LogP contribution in [-0.4, -0.2) is 46.1 Å². The van der Waals surface area contributed by atoms with Gasteiger partial charge in [-0.15, -0.1) is 0 Å². The molecule has 0 unspecified atom stereocenters. The van der Waals surface area contributed by atoms with Gasteiger partial charge >= 0.3 is 0 Å². The number of fused-ring (bicyclic) bond motifs is 2. The van der Waals surface area contributed by atoms with E-state index >= 15 is 4.39 Å². The minimum absolute atomic E-state index is 0.187. The summed E-state index contributed by atoms with van der Waals surface area (Å²) in [5.74, 6) is 0.266. The molecule has 2 aromatic rings. The Morgan fingerprint density at radius 3 is 2.78 bits per heavy atom. The lowest BCUT2D eigenvalue weighted by Crippen LogP contribution is -2.42. The molecule has 3 aliphatic rings. The highest BCUT2D eigenvalue weighted by molar-refractivity contribution is 6.33. The Bertz CT molecular complexity index is 1070. The lowest BCUT2D eigenvalue weighted by molar-refractivity contribution is -0.0136. The topological polar surface area (TPSA) is 79.6 Å². The molecule has 1 spiro atoms. The van der Waals surface area contributed by atoms with E-state index in [1.165, 1.54) is 12.3 Å². The molecule has 32 heavy (non-hydrogen) atoms. The van der Waals surface area contributed by atoms with Gasteiger partial charge < -0.3 is 15.2 Å². The third-order valence-corrected chi connectivity index (χ3v) is 7.24. The third-order valence-electron chi connectivity index (χ3n) is 6.96. The van der Waals surface area contributed by atoms with E-state index in [1.54, 1.807) is 0 Å². The molecule has 1 aromatic heterocycles. The maximum Gasteiger partial charge on any atom is 0.223 e. The number of hydrogen-bond donors (Lipinski definition) is 2. The van der Waals surface area contributed by atoms with Gasteiger partial charge in [-0.05, 0) is 42.9 Å². The Balaban J connectivity index is 1.54. The zero-order chi connectivity index (χ0) is 22.5. The van der Waals surface area contributed by atoms with Crippen LogP contribution >= 0.6 is 11.6 Å². The highest BCUT2D eigenvalue weighted by atomic mass is 35.5. The number of aliphatic hydroxyl groups excluding tert-OH is 1. The summed E-state index contributed by atoms with van der Waals surface area (Å²) in [6.07, 6.45) is 5.74. The van der Waals surface area contributed by atoms with E-state index in [0.29, 0.717) is 40.9 Å². The molecule has 3 heterocycles. The monoisotopic (exact) mass is 458 g/mol. The Labute approximate surface area is 192 Å². The molecule has 1 saturated heterocycles. The molecule has 170 valence electrons. The predicted molar refractivity (Wildman–Crippen MR) is 123 cm³/mol. The first kappa shape index (κ1) is 21.7. The molecule has 2 fully saturated rings. The average Bonchev–Trinajstić information content (AvgIpc) is 3.38. The number of aromatic nitrogens is 2. The minimum Gasteiger partial charge on any atom is -0.389 e. The molecule has 5 rings (SSSR count). The lowest BCUT2D eigenvalue weighted by Gasteiger charge is -2.29. The Morgan fingerprint density at radius 1 is 1.28 bits per heavy atom. The molecule has 2 N–H and O–H groups in total. The van der Waals surface area contributed by atoms with Crippen LogP contribution in [0.4, 0.5) is 16.0 Å². The van der Waals surface area contributed by atoms with Gasteiger partial charge in [0.2, 0.25) is 5.95 Å². The first-order valence-corrected chi connectivity index (χ1v) is 11.8. The van der Waals surface area contributed by atoms with Crippen molar-refractivity contribution in [3.63, 3.8) is 0 Å². The second kappa shape index (κ2) is 8.36. The summed E-state index contributed by atoms with van der Waals surface area (Å²) in [7, 11) is 0.